The van der Waals surface area contributed by atoms with Crippen molar-refractivity contribution in [3.63, 3.8) is 0 Å². The molecule has 0 aliphatic carbocycles. The predicted molar refractivity (Wildman–Crippen MR) is 92.7 cm³/mol. The molecule has 0 radical (unpaired) electrons. The molecule has 3 rings (SSSR count). The van der Waals surface area contributed by atoms with Gasteiger partial charge in [0.2, 0.25) is 0 Å². The molecule has 0 unspecified atom stereocenters. The maximum atomic E-state index is 12.9. The molecule has 0 N–H and O–H groups in total. The molecule has 0 bridgehead atoms. The van der Waals surface area contributed by atoms with Gasteiger partial charge in [-0.2, -0.15) is 0 Å². The SMILES string of the molecule is COC(=O)c1cccc2c1CCCN2S(=O)(=O)c1ccc(Br)s1. The molecular formula is C15H14BrNO4S2. The minimum absolute atomic E-state index is 0.278. The summed E-state index contributed by atoms with van der Waals surface area (Å²) in [6.07, 6.45) is 1.31. The topological polar surface area (TPSA) is 63.7 Å². The molecule has 0 spiro atoms. The number of thiophene rings is 1. The van der Waals surface area contributed by atoms with Gasteiger partial charge in [-0.3, -0.25) is 4.31 Å². The number of anilines is 1. The van der Waals surface area contributed by atoms with E-state index < -0.39 is 16.0 Å². The van der Waals surface area contributed by atoms with Crippen molar-refractivity contribution in [3.05, 3.63) is 45.2 Å². The Kier molecular flexibility index (Phi) is 4.48. The van der Waals surface area contributed by atoms with E-state index in [0.29, 0.717) is 30.6 Å². The Balaban J connectivity index is 2.11. The van der Waals surface area contributed by atoms with Crippen LogP contribution in [-0.2, 0) is 21.2 Å². The standard InChI is InChI=1S/C15H14BrNO4S2/c1-21-15(18)11-4-2-6-12-10(11)5-3-9-17(12)23(19,20)14-8-7-13(16)22-14/h2,4,6-8H,3,5,9H2,1H3. The van der Waals surface area contributed by atoms with Crippen LogP contribution in [-0.4, -0.2) is 28.0 Å². The molecule has 0 saturated carbocycles. The molecule has 1 aromatic heterocycles. The van der Waals surface area contributed by atoms with E-state index >= 15 is 0 Å². The predicted octanol–water partition coefficient (Wildman–Crippen LogP) is 3.44. The number of rotatable bonds is 3. The number of carbonyl (C=O) groups excluding carboxylic acids is 1. The van der Waals surface area contributed by atoms with Gasteiger partial charge >= 0.3 is 5.97 Å². The van der Waals surface area contributed by atoms with Crippen molar-refractivity contribution < 1.29 is 17.9 Å². The maximum Gasteiger partial charge on any atom is 0.338 e. The molecule has 1 aromatic carbocycles. The lowest BCUT2D eigenvalue weighted by Crippen LogP contribution is -2.35. The van der Waals surface area contributed by atoms with Crippen LogP contribution in [0.15, 0.2) is 38.3 Å². The van der Waals surface area contributed by atoms with Gasteiger partial charge in [0.25, 0.3) is 10.0 Å². The zero-order valence-corrected chi connectivity index (χ0v) is 15.5. The van der Waals surface area contributed by atoms with Crippen LogP contribution in [0.4, 0.5) is 5.69 Å². The van der Waals surface area contributed by atoms with Gasteiger partial charge < -0.3 is 4.74 Å². The number of carbonyl (C=O) groups is 1. The maximum absolute atomic E-state index is 12.9. The van der Waals surface area contributed by atoms with Gasteiger partial charge in [-0.1, -0.05) is 6.07 Å². The molecule has 2 heterocycles. The van der Waals surface area contributed by atoms with Crippen LogP contribution < -0.4 is 4.31 Å². The molecular weight excluding hydrogens is 402 g/mol. The van der Waals surface area contributed by atoms with Crippen LogP contribution in [0.3, 0.4) is 0 Å². The van der Waals surface area contributed by atoms with Crippen molar-refractivity contribution in [2.45, 2.75) is 17.1 Å². The number of sulfonamides is 1. The van der Waals surface area contributed by atoms with E-state index in [1.807, 2.05) is 0 Å². The summed E-state index contributed by atoms with van der Waals surface area (Å²) in [6.45, 7) is 0.398. The van der Waals surface area contributed by atoms with Gasteiger partial charge in [0.15, 0.2) is 0 Å². The molecule has 1 aliphatic heterocycles. The average molecular weight is 416 g/mol. The first-order valence-electron chi connectivity index (χ1n) is 6.93. The minimum atomic E-state index is -3.63. The van der Waals surface area contributed by atoms with Gasteiger partial charge in [0.1, 0.15) is 4.21 Å². The van der Waals surface area contributed by atoms with E-state index in [2.05, 4.69) is 15.9 Å². The fourth-order valence-corrected chi connectivity index (χ4v) is 6.35. The lowest BCUT2D eigenvalue weighted by molar-refractivity contribution is 0.0599. The molecule has 8 heteroatoms. The van der Waals surface area contributed by atoms with Crippen LogP contribution in [0.5, 0.6) is 0 Å². The number of hydrogen-bond acceptors (Lipinski definition) is 5. The first-order valence-corrected chi connectivity index (χ1v) is 9.98. The number of benzene rings is 1. The van der Waals surface area contributed by atoms with Crippen molar-refractivity contribution >= 4 is 48.9 Å². The number of hydrogen-bond donors (Lipinski definition) is 0. The number of halogens is 1. The van der Waals surface area contributed by atoms with Gasteiger partial charge in [0, 0.05) is 6.54 Å². The molecule has 23 heavy (non-hydrogen) atoms. The third-order valence-corrected chi connectivity index (χ3v) is 7.61. The molecule has 122 valence electrons. The Morgan fingerprint density at radius 3 is 2.74 bits per heavy atom. The van der Waals surface area contributed by atoms with Crippen molar-refractivity contribution in [3.8, 4) is 0 Å². The van der Waals surface area contributed by atoms with Crippen LogP contribution in [0.1, 0.15) is 22.3 Å². The fourth-order valence-electron chi connectivity index (χ4n) is 2.69. The van der Waals surface area contributed by atoms with Gasteiger partial charge in [-0.05, 0) is 58.6 Å². The molecule has 5 nitrogen and oxygen atoms in total. The second kappa shape index (κ2) is 6.26. The van der Waals surface area contributed by atoms with Crippen LogP contribution in [0, 0.1) is 0 Å². The highest BCUT2D eigenvalue weighted by Crippen LogP contribution is 2.36. The van der Waals surface area contributed by atoms with E-state index in [-0.39, 0.29) is 4.21 Å². The smallest absolute Gasteiger partial charge is 0.338 e. The molecule has 0 amide bonds. The highest BCUT2D eigenvalue weighted by Gasteiger charge is 2.32. The second-order valence-electron chi connectivity index (χ2n) is 5.03. The highest BCUT2D eigenvalue weighted by atomic mass is 79.9. The first-order chi connectivity index (χ1) is 10.9. The molecule has 0 fully saturated rings. The van der Waals surface area contributed by atoms with Gasteiger partial charge in [0.05, 0.1) is 22.1 Å². The van der Waals surface area contributed by atoms with Crippen LogP contribution in [0.25, 0.3) is 0 Å². The Morgan fingerprint density at radius 2 is 2.09 bits per heavy atom. The summed E-state index contributed by atoms with van der Waals surface area (Å²) in [5.74, 6) is -0.444. The molecule has 1 aliphatic rings. The number of esters is 1. The summed E-state index contributed by atoms with van der Waals surface area (Å²) >= 11 is 4.47. The van der Waals surface area contributed by atoms with Crippen molar-refractivity contribution in [1.82, 2.24) is 0 Å². The Labute approximate surface area is 147 Å². The Hall–Kier alpha value is -1.38. The third-order valence-electron chi connectivity index (χ3n) is 3.71. The van der Waals surface area contributed by atoms with Crippen molar-refractivity contribution in [2.24, 2.45) is 0 Å². The minimum Gasteiger partial charge on any atom is -0.465 e. The van der Waals surface area contributed by atoms with Crippen LogP contribution in [0.2, 0.25) is 0 Å². The number of nitrogens with zero attached hydrogens (tertiary/aromatic N) is 1. The van der Waals surface area contributed by atoms with Crippen molar-refractivity contribution in [1.29, 1.82) is 0 Å². The number of methoxy groups -OCH3 is 1. The Bertz CT molecular complexity index is 860. The van der Waals surface area contributed by atoms with E-state index in [0.717, 1.165) is 9.35 Å². The highest BCUT2D eigenvalue weighted by molar-refractivity contribution is 9.11. The summed E-state index contributed by atoms with van der Waals surface area (Å²) in [7, 11) is -2.31. The molecule has 0 atom stereocenters. The fraction of sp³-hybridized carbons (Fsp3) is 0.267. The zero-order valence-electron chi connectivity index (χ0n) is 12.3. The van der Waals surface area contributed by atoms with E-state index in [1.54, 1.807) is 30.3 Å². The van der Waals surface area contributed by atoms with E-state index in [4.69, 9.17) is 4.74 Å². The zero-order chi connectivity index (χ0) is 16.6. The van der Waals surface area contributed by atoms with Gasteiger partial charge in [-0.25, -0.2) is 13.2 Å². The number of ether oxygens (including phenoxy) is 1. The monoisotopic (exact) mass is 415 g/mol. The van der Waals surface area contributed by atoms with Crippen molar-refractivity contribution in [2.75, 3.05) is 18.0 Å². The summed E-state index contributed by atoms with van der Waals surface area (Å²) in [4.78, 5) is 11.9. The summed E-state index contributed by atoms with van der Waals surface area (Å²) in [5.41, 5.74) is 1.71. The normalized spacial score (nSPS) is 14.4. The second-order valence-corrected chi connectivity index (χ2v) is 9.59. The molecule has 0 saturated heterocycles. The third kappa shape index (κ3) is 2.90. The lowest BCUT2D eigenvalue weighted by atomic mass is 9.98. The van der Waals surface area contributed by atoms with Crippen LogP contribution >= 0.6 is 27.3 Å². The molecule has 2 aromatic rings. The summed E-state index contributed by atoms with van der Waals surface area (Å²) in [5, 5.41) is 0. The quantitative estimate of drug-likeness (QED) is 0.720. The van der Waals surface area contributed by atoms with E-state index in [9.17, 15) is 13.2 Å². The first kappa shape index (κ1) is 16.5. The van der Waals surface area contributed by atoms with Gasteiger partial charge in [-0.15, -0.1) is 11.3 Å². The largest absolute Gasteiger partial charge is 0.465 e. The van der Waals surface area contributed by atoms with E-state index in [1.165, 1.54) is 22.8 Å². The number of fused-ring (bicyclic) bond motifs is 1. The summed E-state index contributed by atoms with van der Waals surface area (Å²) in [6, 6.07) is 8.39. The lowest BCUT2D eigenvalue weighted by Gasteiger charge is -2.30. The Morgan fingerprint density at radius 1 is 1.30 bits per heavy atom. The average Bonchev–Trinajstić information content (AvgIpc) is 3.00. The summed E-state index contributed by atoms with van der Waals surface area (Å²) < 4.78 is 33.1.